The molecule has 4 heteroatoms. The summed E-state index contributed by atoms with van der Waals surface area (Å²) in [5, 5.41) is 10.3. The minimum absolute atomic E-state index is 0.204. The molecule has 2 saturated heterocycles. The zero-order chi connectivity index (χ0) is 12.5. The molecule has 18 heavy (non-hydrogen) atoms. The Balaban J connectivity index is 1.69. The third-order valence-electron chi connectivity index (χ3n) is 3.98. The first kappa shape index (κ1) is 12.1. The molecular formula is C14H18FNO2. The van der Waals surface area contributed by atoms with Crippen LogP contribution in [0.3, 0.4) is 0 Å². The van der Waals surface area contributed by atoms with Crippen LogP contribution < -0.4 is 0 Å². The summed E-state index contributed by atoms with van der Waals surface area (Å²) >= 11 is 0. The van der Waals surface area contributed by atoms with E-state index in [1.807, 2.05) is 0 Å². The number of hydrogen-bond acceptors (Lipinski definition) is 3. The number of morpholine rings is 1. The van der Waals surface area contributed by atoms with Gasteiger partial charge >= 0.3 is 0 Å². The number of hydrogen-bond donors (Lipinski definition) is 1. The van der Waals surface area contributed by atoms with E-state index in [2.05, 4.69) is 4.90 Å². The number of benzene rings is 1. The highest BCUT2D eigenvalue weighted by atomic mass is 19.1. The SMILES string of the molecule is OC(c1ccc(F)cc1)C1CN2CCCC2CO1. The highest BCUT2D eigenvalue weighted by Crippen LogP contribution is 2.28. The molecule has 98 valence electrons. The zero-order valence-corrected chi connectivity index (χ0v) is 10.3. The van der Waals surface area contributed by atoms with Crippen molar-refractivity contribution < 1.29 is 14.2 Å². The van der Waals surface area contributed by atoms with Gasteiger partial charge in [-0.1, -0.05) is 12.1 Å². The largest absolute Gasteiger partial charge is 0.386 e. The first-order valence-electron chi connectivity index (χ1n) is 6.53. The molecule has 0 spiro atoms. The molecule has 0 aromatic heterocycles. The van der Waals surface area contributed by atoms with Crippen LogP contribution >= 0.6 is 0 Å². The standard InChI is InChI=1S/C14H18FNO2/c15-11-5-3-10(4-6-11)14(17)13-8-16-7-1-2-12(16)9-18-13/h3-6,12-14,17H,1-2,7-9H2. The number of aliphatic hydroxyl groups is 1. The second-order valence-electron chi connectivity index (χ2n) is 5.16. The van der Waals surface area contributed by atoms with Gasteiger partial charge in [-0.15, -0.1) is 0 Å². The van der Waals surface area contributed by atoms with Crippen LogP contribution in [0, 0.1) is 5.82 Å². The van der Waals surface area contributed by atoms with Crippen LogP contribution in [0.2, 0.25) is 0 Å². The van der Waals surface area contributed by atoms with E-state index in [0.717, 1.165) is 18.7 Å². The van der Waals surface area contributed by atoms with Crippen LogP contribution in [0.4, 0.5) is 4.39 Å². The normalized spacial score (nSPS) is 30.1. The molecule has 0 bridgehead atoms. The van der Waals surface area contributed by atoms with Gasteiger partial charge in [0.25, 0.3) is 0 Å². The van der Waals surface area contributed by atoms with Crippen LogP contribution in [0.1, 0.15) is 24.5 Å². The summed E-state index contributed by atoms with van der Waals surface area (Å²) in [6.07, 6.45) is 1.53. The summed E-state index contributed by atoms with van der Waals surface area (Å²) in [5.41, 5.74) is 0.721. The number of halogens is 1. The summed E-state index contributed by atoms with van der Waals surface area (Å²) in [5.74, 6) is -0.282. The number of fused-ring (bicyclic) bond motifs is 1. The molecule has 2 aliphatic heterocycles. The second-order valence-corrected chi connectivity index (χ2v) is 5.16. The molecule has 3 rings (SSSR count). The molecule has 2 fully saturated rings. The lowest BCUT2D eigenvalue weighted by atomic mass is 10.0. The molecule has 0 amide bonds. The number of ether oxygens (including phenoxy) is 1. The Hall–Kier alpha value is -0.970. The molecule has 1 N–H and O–H groups in total. The summed E-state index contributed by atoms with van der Waals surface area (Å²) in [6, 6.07) is 6.53. The van der Waals surface area contributed by atoms with Crippen LogP contribution in [-0.4, -0.2) is 41.8 Å². The van der Waals surface area contributed by atoms with E-state index in [1.54, 1.807) is 12.1 Å². The first-order chi connectivity index (χ1) is 8.74. The van der Waals surface area contributed by atoms with Crippen molar-refractivity contribution in [1.29, 1.82) is 0 Å². The van der Waals surface area contributed by atoms with Gasteiger partial charge in [0.05, 0.1) is 6.61 Å². The third kappa shape index (κ3) is 2.28. The molecule has 3 nitrogen and oxygen atoms in total. The predicted octanol–water partition coefficient (Wildman–Crippen LogP) is 1.72. The molecule has 2 aliphatic rings. The average molecular weight is 251 g/mol. The Kier molecular flexibility index (Phi) is 3.33. The van der Waals surface area contributed by atoms with Crippen molar-refractivity contribution in [2.45, 2.75) is 31.1 Å². The Labute approximate surface area is 106 Å². The van der Waals surface area contributed by atoms with Crippen molar-refractivity contribution in [3.8, 4) is 0 Å². The summed E-state index contributed by atoms with van der Waals surface area (Å²) in [6.45, 7) is 2.56. The van der Waals surface area contributed by atoms with Gasteiger partial charge in [-0.2, -0.15) is 0 Å². The molecule has 0 aliphatic carbocycles. The van der Waals surface area contributed by atoms with Crippen molar-refractivity contribution in [1.82, 2.24) is 4.90 Å². The fraction of sp³-hybridized carbons (Fsp3) is 0.571. The van der Waals surface area contributed by atoms with E-state index in [-0.39, 0.29) is 11.9 Å². The fourth-order valence-corrected chi connectivity index (χ4v) is 2.91. The van der Waals surface area contributed by atoms with Gasteiger partial charge in [-0.05, 0) is 37.1 Å². The van der Waals surface area contributed by atoms with Crippen molar-refractivity contribution in [2.75, 3.05) is 19.7 Å². The number of aliphatic hydroxyl groups excluding tert-OH is 1. The lowest BCUT2D eigenvalue weighted by Crippen LogP contribution is -2.48. The van der Waals surface area contributed by atoms with Crippen molar-refractivity contribution >= 4 is 0 Å². The lowest BCUT2D eigenvalue weighted by molar-refractivity contribution is -0.103. The third-order valence-corrected chi connectivity index (χ3v) is 3.98. The van der Waals surface area contributed by atoms with E-state index in [9.17, 15) is 9.50 Å². The topological polar surface area (TPSA) is 32.7 Å². The molecule has 1 aromatic carbocycles. The number of nitrogens with zero attached hydrogens (tertiary/aromatic N) is 1. The molecule has 3 unspecified atom stereocenters. The fourth-order valence-electron chi connectivity index (χ4n) is 2.91. The molecular weight excluding hydrogens is 233 g/mol. The van der Waals surface area contributed by atoms with E-state index in [0.29, 0.717) is 12.6 Å². The highest BCUT2D eigenvalue weighted by molar-refractivity contribution is 5.19. The van der Waals surface area contributed by atoms with Gasteiger partial charge in [-0.3, -0.25) is 4.90 Å². The first-order valence-corrected chi connectivity index (χ1v) is 6.53. The zero-order valence-electron chi connectivity index (χ0n) is 10.3. The Bertz CT molecular complexity index is 409. The monoisotopic (exact) mass is 251 g/mol. The molecule has 3 atom stereocenters. The van der Waals surface area contributed by atoms with Gasteiger partial charge in [-0.25, -0.2) is 4.39 Å². The molecule has 2 heterocycles. The number of rotatable bonds is 2. The van der Waals surface area contributed by atoms with E-state index < -0.39 is 6.10 Å². The van der Waals surface area contributed by atoms with Crippen molar-refractivity contribution in [2.24, 2.45) is 0 Å². The van der Waals surface area contributed by atoms with E-state index >= 15 is 0 Å². The summed E-state index contributed by atoms with van der Waals surface area (Å²) in [7, 11) is 0. The van der Waals surface area contributed by atoms with Gasteiger partial charge < -0.3 is 9.84 Å². The smallest absolute Gasteiger partial charge is 0.123 e. The summed E-state index contributed by atoms with van der Waals surface area (Å²) < 4.78 is 18.6. The minimum atomic E-state index is -0.674. The van der Waals surface area contributed by atoms with Gasteiger partial charge in [0.1, 0.15) is 18.0 Å². The van der Waals surface area contributed by atoms with Gasteiger partial charge in [0.15, 0.2) is 0 Å². The lowest BCUT2D eigenvalue weighted by Gasteiger charge is -2.37. The summed E-state index contributed by atoms with van der Waals surface area (Å²) in [4.78, 5) is 2.39. The van der Waals surface area contributed by atoms with Crippen molar-refractivity contribution in [3.63, 3.8) is 0 Å². The highest BCUT2D eigenvalue weighted by Gasteiger charge is 2.35. The maximum absolute atomic E-state index is 12.8. The Morgan fingerprint density at radius 1 is 1.33 bits per heavy atom. The Morgan fingerprint density at radius 2 is 2.11 bits per heavy atom. The van der Waals surface area contributed by atoms with E-state index in [1.165, 1.54) is 25.0 Å². The van der Waals surface area contributed by atoms with Crippen LogP contribution in [0.5, 0.6) is 0 Å². The quantitative estimate of drug-likeness (QED) is 0.868. The molecule has 0 saturated carbocycles. The molecule has 1 aromatic rings. The predicted molar refractivity (Wildman–Crippen MR) is 65.7 cm³/mol. The Morgan fingerprint density at radius 3 is 2.89 bits per heavy atom. The maximum Gasteiger partial charge on any atom is 0.123 e. The molecule has 0 radical (unpaired) electrons. The van der Waals surface area contributed by atoms with Gasteiger partial charge in [0, 0.05) is 12.6 Å². The second kappa shape index (κ2) is 4.96. The van der Waals surface area contributed by atoms with Gasteiger partial charge in [0.2, 0.25) is 0 Å². The van der Waals surface area contributed by atoms with Crippen molar-refractivity contribution in [3.05, 3.63) is 35.6 Å². The maximum atomic E-state index is 12.8. The van der Waals surface area contributed by atoms with Crippen LogP contribution in [0.15, 0.2) is 24.3 Å². The van der Waals surface area contributed by atoms with Crippen LogP contribution in [0.25, 0.3) is 0 Å². The van der Waals surface area contributed by atoms with E-state index in [4.69, 9.17) is 4.74 Å². The minimum Gasteiger partial charge on any atom is -0.386 e. The average Bonchev–Trinajstić information content (AvgIpc) is 2.86. The van der Waals surface area contributed by atoms with Crippen LogP contribution in [-0.2, 0) is 4.74 Å².